The molecule has 0 bridgehead atoms. The van der Waals surface area contributed by atoms with E-state index >= 15 is 0 Å². The quantitative estimate of drug-likeness (QED) is 0.725. The number of Topliss-reactive ketones (excluding diaryl/α,β-unsaturated/α-hetero) is 1. The first-order valence-corrected chi connectivity index (χ1v) is 8.16. The molecule has 0 aromatic heterocycles. The molecule has 0 aliphatic rings. The van der Waals surface area contributed by atoms with Gasteiger partial charge in [-0.25, -0.2) is 9.59 Å². The number of hydrogen-bond acceptors (Lipinski definition) is 6. The molecule has 0 aliphatic heterocycles. The number of hydroxylamine groups is 2. The van der Waals surface area contributed by atoms with Gasteiger partial charge in [-0.05, 0) is 39.8 Å². The van der Waals surface area contributed by atoms with Crippen LogP contribution in [0.3, 0.4) is 0 Å². The van der Waals surface area contributed by atoms with Gasteiger partial charge in [0.25, 0.3) is 0 Å². The van der Waals surface area contributed by atoms with Crippen LogP contribution < -0.4 is 5.32 Å². The molecule has 7 heteroatoms. The maximum absolute atomic E-state index is 12.1. The number of nitrogens with zero attached hydrogens (tertiary/aromatic N) is 1. The van der Waals surface area contributed by atoms with E-state index < -0.39 is 17.7 Å². The monoisotopic (exact) mass is 350 g/mol. The van der Waals surface area contributed by atoms with Gasteiger partial charge in [-0.2, -0.15) is 0 Å². The number of carbonyl (C=O) groups excluding carboxylic acids is 3. The van der Waals surface area contributed by atoms with Crippen LogP contribution in [-0.4, -0.2) is 48.1 Å². The van der Waals surface area contributed by atoms with Crippen molar-refractivity contribution < 1.29 is 24.0 Å². The summed E-state index contributed by atoms with van der Waals surface area (Å²) >= 11 is 0. The Kier molecular flexibility index (Phi) is 8.07. The van der Waals surface area contributed by atoms with Crippen LogP contribution in [0.2, 0.25) is 0 Å². The molecule has 0 saturated carbocycles. The summed E-state index contributed by atoms with van der Waals surface area (Å²) in [5.41, 5.74) is -0.173. The predicted molar refractivity (Wildman–Crippen MR) is 93.0 cm³/mol. The van der Waals surface area contributed by atoms with Crippen molar-refractivity contribution in [3.63, 3.8) is 0 Å². The van der Waals surface area contributed by atoms with Crippen LogP contribution in [0.1, 0.15) is 44.5 Å². The number of rotatable bonds is 8. The maximum Gasteiger partial charge on any atom is 0.407 e. The summed E-state index contributed by atoms with van der Waals surface area (Å²) < 4.78 is 5.14. The lowest BCUT2D eigenvalue weighted by molar-refractivity contribution is -0.126. The Morgan fingerprint density at radius 3 is 2.28 bits per heavy atom. The largest absolute Gasteiger partial charge is 0.444 e. The van der Waals surface area contributed by atoms with E-state index in [4.69, 9.17) is 9.57 Å². The molecule has 25 heavy (non-hydrogen) atoms. The highest BCUT2D eigenvalue weighted by Crippen LogP contribution is 2.07. The number of ether oxygens (including phenoxy) is 1. The molecular weight excluding hydrogens is 324 g/mol. The van der Waals surface area contributed by atoms with Crippen molar-refractivity contribution >= 4 is 17.8 Å². The second kappa shape index (κ2) is 9.78. The fraction of sp³-hybridized carbons (Fsp3) is 0.500. The SMILES string of the molecule is CC(=O)CCN(CCNC(=O)OC(C)(C)C)OC(=O)c1ccccc1. The van der Waals surface area contributed by atoms with Crippen LogP contribution in [0.5, 0.6) is 0 Å². The summed E-state index contributed by atoms with van der Waals surface area (Å²) in [6, 6.07) is 8.56. The molecule has 0 heterocycles. The number of nitrogens with one attached hydrogen (secondary N) is 1. The van der Waals surface area contributed by atoms with Crippen molar-refractivity contribution in [2.45, 2.75) is 39.7 Å². The Bertz CT molecular complexity index is 581. The molecule has 7 nitrogen and oxygen atoms in total. The molecule has 0 saturated heterocycles. The minimum Gasteiger partial charge on any atom is -0.444 e. The third kappa shape index (κ3) is 9.46. The number of alkyl carbamates (subject to hydrolysis) is 1. The van der Waals surface area contributed by atoms with Crippen molar-refractivity contribution in [2.24, 2.45) is 0 Å². The van der Waals surface area contributed by atoms with Gasteiger partial charge < -0.3 is 14.9 Å². The molecule has 1 rings (SSSR count). The number of hydrogen-bond donors (Lipinski definition) is 1. The number of ketones is 1. The number of carbonyl (C=O) groups is 3. The van der Waals surface area contributed by atoms with Crippen LogP contribution in [0, 0.1) is 0 Å². The standard InChI is InChI=1S/C18H26N2O5/c1-14(21)10-12-20(13-11-19-17(23)24-18(2,3)4)25-16(22)15-8-6-5-7-9-15/h5-9H,10-13H2,1-4H3,(H,19,23). The smallest absolute Gasteiger partial charge is 0.407 e. The van der Waals surface area contributed by atoms with E-state index in [1.165, 1.54) is 12.0 Å². The zero-order chi connectivity index (χ0) is 18.9. The normalized spacial score (nSPS) is 11.1. The zero-order valence-electron chi connectivity index (χ0n) is 15.2. The third-order valence-electron chi connectivity index (χ3n) is 2.96. The lowest BCUT2D eigenvalue weighted by Gasteiger charge is -2.22. The molecule has 0 atom stereocenters. The van der Waals surface area contributed by atoms with Crippen LogP contribution in [-0.2, 0) is 14.4 Å². The highest BCUT2D eigenvalue weighted by atomic mass is 16.7. The Labute approximate surface area is 148 Å². The molecule has 0 fully saturated rings. The first-order chi connectivity index (χ1) is 11.7. The molecule has 1 amide bonds. The average Bonchev–Trinajstić information content (AvgIpc) is 2.51. The van der Waals surface area contributed by atoms with Crippen LogP contribution in [0.4, 0.5) is 4.79 Å². The Morgan fingerprint density at radius 2 is 1.72 bits per heavy atom. The van der Waals surface area contributed by atoms with Gasteiger partial charge in [0.1, 0.15) is 11.4 Å². The molecular formula is C18H26N2O5. The van der Waals surface area contributed by atoms with Gasteiger partial charge in [0.15, 0.2) is 0 Å². The topological polar surface area (TPSA) is 84.9 Å². The molecule has 0 unspecified atom stereocenters. The maximum atomic E-state index is 12.1. The summed E-state index contributed by atoms with van der Waals surface area (Å²) in [5, 5.41) is 3.96. The summed E-state index contributed by atoms with van der Waals surface area (Å²) in [7, 11) is 0. The van der Waals surface area contributed by atoms with E-state index in [2.05, 4.69) is 5.32 Å². The van der Waals surface area contributed by atoms with Gasteiger partial charge in [0.2, 0.25) is 0 Å². The third-order valence-corrected chi connectivity index (χ3v) is 2.96. The molecule has 138 valence electrons. The van der Waals surface area contributed by atoms with E-state index in [9.17, 15) is 14.4 Å². The average molecular weight is 350 g/mol. The number of amides is 1. The van der Waals surface area contributed by atoms with E-state index in [-0.39, 0.29) is 31.8 Å². The Morgan fingerprint density at radius 1 is 1.08 bits per heavy atom. The second-order valence-electron chi connectivity index (χ2n) is 6.55. The molecule has 1 aromatic carbocycles. The van der Waals surface area contributed by atoms with Crippen molar-refractivity contribution in [1.29, 1.82) is 0 Å². The molecule has 0 spiro atoms. The molecule has 0 radical (unpaired) electrons. The predicted octanol–water partition coefficient (Wildman–Crippen LogP) is 2.56. The second-order valence-corrected chi connectivity index (χ2v) is 6.55. The number of benzene rings is 1. The minimum atomic E-state index is -0.585. The lowest BCUT2D eigenvalue weighted by Crippen LogP contribution is -2.39. The first kappa shape index (κ1) is 20.6. The summed E-state index contributed by atoms with van der Waals surface area (Å²) in [6.07, 6.45) is -0.303. The van der Waals surface area contributed by atoms with Crippen molar-refractivity contribution in [3.8, 4) is 0 Å². The van der Waals surface area contributed by atoms with Gasteiger partial charge in [-0.1, -0.05) is 18.2 Å². The summed E-state index contributed by atoms with van der Waals surface area (Å²) in [5.74, 6) is -0.526. The summed E-state index contributed by atoms with van der Waals surface area (Å²) in [6.45, 7) is 7.49. The Hall–Kier alpha value is -2.41. The highest BCUT2D eigenvalue weighted by Gasteiger charge is 2.17. The fourth-order valence-corrected chi connectivity index (χ4v) is 1.83. The highest BCUT2D eigenvalue weighted by molar-refractivity contribution is 5.89. The van der Waals surface area contributed by atoms with Crippen molar-refractivity contribution in [1.82, 2.24) is 10.4 Å². The fourth-order valence-electron chi connectivity index (χ4n) is 1.83. The van der Waals surface area contributed by atoms with Crippen LogP contribution >= 0.6 is 0 Å². The zero-order valence-corrected chi connectivity index (χ0v) is 15.2. The van der Waals surface area contributed by atoms with E-state index in [1.807, 2.05) is 0 Å². The van der Waals surface area contributed by atoms with Crippen molar-refractivity contribution in [3.05, 3.63) is 35.9 Å². The van der Waals surface area contributed by atoms with Gasteiger partial charge in [0.05, 0.1) is 12.1 Å². The first-order valence-electron chi connectivity index (χ1n) is 8.16. The van der Waals surface area contributed by atoms with Gasteiger partial charge in [0, 0.05) is 19.5 Å². The molecule has 1 N–H and O–H groups in total. The van der Waals surface area contributed by atoms with Gasteiger partial charge in [-0.15, -0.1) is 5.06 Å². The van der Waals surface area contributed by atoms with Crippen LogP contribution in [0.15, 0.2) is 30.3 Å². The van der Waals surface area contributed by atoms with E-state index in [0.717, 1.165) is 0 Å². The Balaban J connectivity index is 2.53. The summed E-state index contributed by atoms with van der Waals surface area (Å²) in [4.78, 5) is 40.3. The lowest BCUT2D eigenvalue weighted by atomic mass is 10.2. The van der Waals surface area contributed by atoms with Crippen LogP contribution in [0.25, 0.3) is 0 Å². The van der Waals surface area contributed by atoms with Gasteiger partial charge in [-0.3, -0.25) is 4.79 Å². The molecule has 0 aliphatic carbocycles. The van der Waals surface area contributed by atoms with E-state index in [0.29, 0.717) is 5.56 Å². The van der Waals surface area contributed by atoms with E-state index in [1.54, 1.807) is 51.1 Å². The minimum absolute atomic E-state index is 0.0131. The molecule has 1 aromatic rings. The van der Waals surface area contributed by atoms with Crippen molar-refractivity contribution in [2.75, 3.05) is 19.6 Å². The van der Waals surface area contributed by atoms with Gasteiger partial charge >= 0.3 is 12.1 Å².